The first-order chi connectivity index (χ1) is 15.3. The molecule has 3 heterocycles. The molecule has 35 heavy (non-hydrogen) atoms. The van der Waals surface area contributed by atoms with Gasteiger partial charge >= 0.3 is 30.4 Å². The summed E-state index contributed by atoms with van der Waals surface area (Å²) in [6, 6.07) is 6.30. The third-order valence-corrected chi connectivity index (χ3v) is 5.26. The van der Waals surface area contributed by atoms with Crippen molar-refractivity contribution in [1.82, 2.24) is 29.1 Å². The van der Waals surface area contributed by atoms with Crippen LogP contribution in [0.5, 0.6) is 0 Å². The van der Waals surface area contributed by atoms with E-state index in [0.717, 1.165) is 17.1 Å². The average Bonchev–Trinajstić information content (AvgIpc) is 3.41. The van der Waals surface area contributed by atoms with Gasteiger partial charge in [-0.05, 0) is 43.4 Å². The molecule has 1 radical (unpaired) electrons. The molecule has 0 saturated heterocycles. The molecular weight excluding hydrogens is 508 g/mol. The second kappa shape index (κ2) is 10.9. The van der Waals surface area contributed by atoms with Gasteiger partial charge in [0.15, 0.2) is 0 Å². The molecule has 12 heteroatoms. The van der Waals surface area contributed by atoms with Crippen LogP contribution in [0.1, 0.15) is 79.4 Å². The Morgan fingerprint density at radius 3 is 1.03 bits per heavy atom. The SMILES string of the molecule is CC(C)(C)c1ccn([BH-](n2ccc(C(C)(C)C)n2)n2ccc(C(C)(C)C)n2)n1.[Cu+2].[O-]CC(F)(F)F. The van der Waals surface area contributed by atoms with E-state index in [1.54, 1.807) is 0 Å². The van der Waals surface area contributed by atoms with Gasteiger partial charge in [0.1, 0.15) is 0 Å². The van der Waals surface area contributed by atoms with Crippen molar-refractivity contribution in [3.05, 3.63) is 53.9 Å². The van der Waals surface area contributed by atoms with E-state index in [9.17, 15) is 13.2 Å². The quantitative estimate of drug-likeness (QED) is 0.472. The average molecular weight is 544 g/mol. The van der Waals surface area contributed by atoms with E-state index in [1.165, 1.54) is 0 Å². The molecular formula is C23H36BCuF3N6O. The fourth-order valence-electron chi connectivity index (χ4n) is 3.20. The maximum atomic E-state index is 10.5. The largest absolute Gasteiger partial charge is 2.00 e. The molecule has 7 nitrogen and oxygen atoms in total. The number of rotatable bonds is 3. The summed E-state index contributed by atoms with van der Waals surface area (Å²) in [5.41, 5.74) is 3.19. The smallest absolute Gasteiger partial charge is 0.848 e. The molecule has 0 N–H and O–H groups in total. The Bertz CT molecular complexity index is 946. The predicted molar refractivity (Wildman–Crippen MR) is 127 cm³/mol. The number of alkyl halides is 3. The Hall–Kier alpha value is -2.04. The van der Waals surface area contributed by atoms with Crippen LogP contribution in [0.2, 0.25) is 0 Å². The van der Waals surface area contributed by atoms with Crippen LogP contribution >= 0.6 is 0 Å². The van der Waals surface area contributed by atoms with Gasteiger partial charge in [0, 0.05) is 16.2 Å². The second-order valence-corrected chi connectivity index (χ2v) is 11.7. The fourth-order valence-corrected chi connectivity index (χ4v) is 3.20. The standard InChI is InChI=1S/C21H34BN6.C2H2F3O.Cu/c1-19(2,3)16-10-13-26(23-16)22(27-14-11-17(24-27)20(4,5)6)28-15-12-18(25-28)21(7,8)9;3-2(4,5)1-6;/h10-15,22H,1-9H3;1H2;/q2*-1;+2. The zero-order valence-electron chi connectivity index (χ0n) is 21.9. The molecule has 0 fully saturated rings. The first kappa shape index (κ1) is 31.0. The number of hydrogen-bond acceptors (Lipinski definition) is 4. The van der Waals surface area contributed by atoms with Gasteiger partial charge in [0.2, 0.25) is 0 Å². The van der Waals surface area contributed by atoms with E-state index in [-0.39, 0.29) is 33.3 Å². The maximum absolute atomic E-state index is 10.5. The first-order valence-electron chi connectivity index (χ1n) is 11.3. The van der Waals surface area contributed by atoms with Gasteiger partial charge in [-0.3, -0.25) is 0 Å². The van der Waals surface area contributed by atoms with E-state index < -0.39 is 19.9 Å². The second-order valence-electron chi connectivity index (χ2n) is 11.7. The van der Waals surface area contributed by atoms with Crippen molar-refractivity contribution in [3.8, 4) is 0 Å². The van der Waals surface area contributed by atoms with E-state index in [1.807, 2.05) is 13.8 Å². The van der Waals surface area contributed by atoms with Crippen molar-refractivity contribution in [2.45, 2.75) is 84.7 Å². The Balaban J connectivity index is 0.000000780. The molecule has 3 rings (SSSR count). The third-order valence-electron chi connectivity index (χ3n) is 5.26. The van der Waals surface area contributed by atoms with Crippen LogP contribution in [0, 0.1) is 0 Å². The molecule has 0 spiro atoms. The third kappa shape index (κ3) is 8.54. The van der Waals surface area contributed by atoms with Gasteiger partial charge in [0.25, 0.3) is 0 Å². The van der Waals surface area contributed by atoms with Gasteiger partial charge in [-0.2, -0.15) is 13.2 Å². The normalized spacial score (nSPS) is 12.9. The van der Waals surface area contributed by atoms with Crippen LogP contribution < -0.4 is 5.11 Å². The topological polar surface area (TPSA) is 76.5 Å². The van der Waals surface area contributed by atoms with Gasteiger partial charge in [-0.15, -0.1) is 0 Å². The van der Waals surface area contributed by atoms with Crippen molar-refractivity contribution in [2.24, 2.45) is 0 Å². The van der Waals surface area contributed by atoms with E-state index >= 15 is 0 Å². The zero-order valence-corrected chi connectivity index (χ0v) is 22.8. The molecule has 0 aliphatic rings. The number of aromatic nitrogens is 6. The summed E-state index contributed by atoms with van der Waals surface area (Å²) < 4.78 is 37.5. The molecule has 0 atom stereocenters. The molecule has 0 aliphatic heterocycles. The monoisotopic (exact) mass is 543 g/mol. The summed E-state index contributed by atoms with van der Waals surface area (Å²) in [4.78, 5) is 0. The van der Waals surface area contributed by atoms with E-state index in [4.69, 9.17) is 20.4 Å². The molecule has 199 valence electrons. The number of halogens is 3. The van der Waals surface area contributed by atoms with Crippen LogP contribution in [0.25, 0.3) is 0 Å². The van der Waals surface area contributed by atoms with Gasteiger partial charge in [-0.25, -0.2) is 15.3 Å². The molecule has 3 aromatic heterocycles. The minimum Gasteiger partial charge on any atom is -0.848 e. The van der Waals surface area contributed by atoms with E-state index in [0.29, 0.717) is 0 Å². The molecule has 0 unspecified atom stereocenters. The molecule has 0 saturated carbocycles. The molecule has 0 aromatic carbocycles. The Labute approximate surface area is 216 Å². The fraction of sp³-hybridized carbons (Fsp3) is 0.609. The Morgan fingerprint density at radius 1 is 0.657 bits per heavy atom. The minimum atomic E-state index is -4.51. The molecule has 0 amide bonds. The van der Waals surface area contributed by atoms with Crippen molar-refractivity contribution in [1.29, 1.82) is 0 Å². The summed E-state index contributed by atoms with van der Waals surface area (Å²) in [5.74, 6) is 0. The first-order valence-corrected chi connectivity index (χ1v) is 11.3. The molecule has 0 aliphatic carbocycles. The summed E-state index contributed by atoms with van der Waals surface area (Å²) in [6.07, 6.45) is 1.65. The summed E-state index contributed by atoms with van der Waals surface area (Å²) in [5, 5.41) is 23.6. The predicted octanol–water partition coefficient (Wildman–Crippen LogP) is 3.74. The number of nitrogens with zero attached hydrogens (tertiary/aromatic N) is 6. The van der Waals surface area contributed by atoms with Crippen molar-refractivity contribution < 1.29 is 35.3 Å². The van der Waals surface area contributed by atoms with E-state index in [2.05, 4.69) is 99.1 Å². The Morgan fingerprint density at radius 2 is 0.886 bits per heavy atom. The summed E-state index contributed by atoms with van der Waals surface area (Å²) in [7, 11) is -1.34. The molecule has 3 aromatic rings. The van der Waals surface area contributed by atoms with Crippen molar-refractivity contribution in [2.75, 3.05) is 6.61 Å². The van der Waals surface area contributed by atoms with Crippen molar-refractivity contribution >= 4 is 7.12 Å². The minimum absolute atomic E-state index is 0. The zero-order chi connectivity index (χ0) is 26.1. The maximum Gasteiger partial charge on any atom is 2.00 e. The van der Waals surface area contributed by atoms with Crippen LogP contribution in [0.3, 0.4) is 0 Å². The summed E-state index contributed by atoms with van der Waals surface area (Å²) in [6.45, 7) is 17.7. The number of hydrogen-bond donors (Lipinski definition) is 0. The van der Waals surface area contributed by atoms with Gasteiger partial charge in [0.05, 0.1) is 17.1 Å². The van der Waals surface area contributed by atoms with Crippen LogP contribution in [0.15, 0.2) is 36.8 Å². The van der Waals surface area contributed by atoms with Crippen molar-refractivity contribution in [3.63, 3.8) is 0 Å². The van der Waals surface area contributed by atoms with Gasteiger partial charge in [-0.1, -0.05) is 62.3 Å². The summed E-state index contributed by atoms with van der Waals surface area (Å²) >= 11 is 0. The van der Waals surface area contributed by atoms with Gasteiger partial charge < -0.3 is 18.9 Å². The van der Waals surface area contributed by atoms with Crippen LogP contribution in [0.4, 0.5) is 13.2 Å². The Kier molecular flexibility index (Phi) is 9.67. The molecule has 0 bridgehead atoms. The van der Waals surface area contributed by atoms with Crippen LogP contribution in [-0.4, -0.2) is 49.0 Å². The van der Waals surface area contributed by atoms with Crippen LogP contribution in [-0.2, 0) is 33.3 Å².